The van der Waals surface area contributed by atoms with Gasteiger partial charge in [0.2, 0.25) is 5.91 Å². The standard InChI is InChI=1S/C11H20N2O/c1-11(2)5-7-13(8-11)10(14)9-4-3-6-12-9/h9,12H,3-8H2,1-2H3. The average Bonchev–Trinajstić information content (AvgIpc) is 2.72. The number of hydrogen-bond donors (Lipinski definition) is 1. The third-order valence-electron chi connectivity index (χ3n) is 3.35. The van der Waals surface area contributed by atoms with E-state index >= 15 is 0 Å². The largest absolute Gasteiger partial charge is 0.341 e. The van der Waals surface area contributed by atoms with Crippen LogP contribution in [0.1, 0.15) is 33.1 Å². The Labute approximate surface area is 85.8 Å². The lowest BCUT2D eigenvalue weighted by molar-refractivity contribution is -0.132. The van der Waals surface area contributed by atoms with E-state index in [0.717, 1.165) is 38.9 Å². The van der Waals surface area contributed by atoms with Gasteiger partial charge in [-0.05, 0) is 31.2 Å². The second-order valence-electron chi connectivity index (χ2n) is 5.32. The smallest absolute Gasteiger partial charge is 0.239 e. The fourth-order valence-electron chi connectivity index (χ4n) is 2.42. The number of rotatable bonds is 1. The third kappa shape index (κ3) is 1.92. The molecular weight excluding hydrogens is 176 g/mol. The molecule has 1 N–H and O–H groups in total. The molecule has 0 spiro atoms. The molecule has 80 valence electrons. The van der Waals surface area contributed by atoms with E-state index in [4.69, 9.17) is 0 Å². The van der Waals surface area contributed by atoms with E-state index in [0.29, 0.717) is 11.3 Å². The Morgan fingerprint density at radius 1 is 1.50 bits per heavy atom. The molecule has 0 aromatic heterocycles. The SMILES string of the molecule is CC1(C)CCN(C(=O)C2CCCN2)C1. The minimum Gasteiger partial charge on any atom is -0.341 e. The van der Waals surface area contributed by atoms with Crippen molar-refractivity contribution < 1.29 is 4.79 Å². The van der Waals surface area contributed by atoms with Crippen LogP contribution in [-0.2, 0) is 4.79 Å². The normalized spacial score (nSPS) is 31.0. The Balaban J connectivity index is 1.92. The summed E-state index contributed by atoms with van der Waals surface area (Å²) in [6, 6.07) is 0.115. The molecule has 2 aliphatic heterocycles. The second-order valence-corrected chi connectivity index (χ2v) is 5.32. The molecule has 0 aliphatic carbocycles. The highest BCUT2D eigenvalue weighted by Crippen LogP contribution is 2.29. The van der Waals surface area contributed by atoms with Gasteiger partial charge in [0, 0.05) is 13.1 Å². The molecule has 3 nitrogen and oxygen atoms in total. The lowest BCUT2D eigenvalue weighted by Crippen LogP contribution is -2.42. The van der Waals surface area contributed by atoms with Gasteiger partial charge in [0.1, 0.15) is 0 Å². The van der Waals surface area contributed by atoms with Crippen molar-refractivity contribution in [3.63, 3.8) is 0 Å². The Bertz CT molecular complexity index is 231. The quantitative estimate of drug-likeness (QED) is 0.678. The minimum absolute atomic E-state index is 0.115. The summed E-state index contributed by atoms with van der Waals surface area (Å²) in [5.74, 6) is 0.327. The topological polar surface area (TPSA) is 32.3 Å². The minimum atomic E-state index is 0.115. The van der Waals surface area contributed by atoms with Gasteiger partial charge >= 0.3 is 0 Å². The van der Waals surface area contributed by atoms with Gasteiger partial charge in [0.05, 0.1) is 6.04 Å². The van der Waals surface area contributed by atoms with E-state index in [9.17, 15) is 4.79 Å². The monoisotopic (exact) mass is 196 g/mol. The lowest BCUT2D eigenvalue weighted by Gasteiger charge is -2.22. The van der Waals surface area contributed by atoms with E-state index < -0.39 is 0 Å². The van der Waals surface area contributed by atoms with Gasteiger partial charge < -0.3 is 10.2 Å². The van der Waals surface area contributed by atoms with Crippen LogP contribution in [-0.4, -0.2) is 36.5 Å². The number of hydrogen-bond acceptors (Lipinski definition) is 2. The molecule has 2 aliphatic rings. The Morgan fingerprint density at radius 2 is 2.29 bits per heavy atom. The highest BCUT2D eigenvalue weighted by atomic mass is 16.2. The predicted molar refractivity (Wildman–Crippen MR) is 56.0 cm³/mol. The molecule has 0 radical (unpaired) electrons. The first-order valence-electron chi connectivity index (χ1n) is 5.61. The molecular formula is C11H20N2O. The van der Waals surface area contributed by atoms with E-state index in [1.807, 2.05) is 4.90 Å². The maximum Gasteiger partial charge on any atom is 0.239 e. The summed E-state index contributed by atoms with van der Waals surface area (Å²) in [4.78, 5) is 14.0. The van der Waals surface area contributed by atoms with E-state index in [1.165, 1.54) is 0 Å². The molecule has 1 unspecified atom stereocenters. The van der Waals surface area contributed by atoms with Crippen molar-refractivity contribution in [2.45, 2.75) is 39.2 Å². The zero-order chi connectivity index (χ0) is 10.2. The lowest BCUT2D eigenvalue weighted by atomic mass is 9.93. The number of nitrogens with one attached hydrogen (secondary N) is 1. The number of carbonyl (C=O) groups is 1. The van der Waals surface area contributed by atoms with Gasteiger partial charge in [-0.2, -0.15) is 0 Å². The number of carbonyl (C=O) groups excluding carboxylic acids is 1. The summed E-state index contributed by atoms with van der Waals surface area (Å²) in [6.45, 7) is 7.37. The van der Waals surface area contributed by atoms with Crippen molar-refractivity contribution in [1.29, 1.82) is 0 Å². The highest BCUT2D eigenvalue weighted by molar-refractivity contribution is 5.82. The van der Waals surface area contributed by atoms with Crippen molar-refractivity contribution in [3.8, 4) is 0 Å². The number of amides is 1. The fourth-order valence-corrected chi connectivity index (χ4v) is 2.42. The van der Waals surface area contributed by atoms with Crippen molar-refractivity contribution in [2.24, 2.45) is 5.41 Å². The molecule has 2 rings (SSSR count). The first-order chi connectivity index (χ1) is 6.58. The van der Waals surface area contributed by atoms with E-state index in [1.54, 1.807) is 0 Å². The number of nitrogens with zero attached hydrogens (tertiary/aromatic N) is 1. The molecule has 0 aromatic rings. The average molecular weight is 196 g/mol. The molecule has 0 aromatic carbocycles. The summed E-state index contributed by atoms with van der Waals surface area (Å²) in [7, 11) is 0. The summed E-state index contributed by atoms with van der Waals surface area (Å²) < 4.78 is 0. The van der Waals surface area contributed by atoms with Crippen LogP contribution in [0.3, 0.4) is 0 Å². The van der Waals surface area contributed by atoms with Crippen LogP contribution >= 0.6 is 0 Å². The molecule has 3 heteroatoms. The van der Waals surface area contributed by atoms with Crippen molar-refractivity contribution in [3.05, 3.63) is 0 Å². The zero-order valence-electron chi connectivity index (χ0n) is 9.18. The molecule has 1 atom stereocenters. The Kier molecular flexibility index (Phi) is 2.52. The number of likely N-dealkylation sites (tertiary alicyclic amines) is 1. The summed E-state index contributed by atoms with van der Waals surface area (Å²) in [5, 5.41) is 3.27. The molecule has 2 fully saturated rings. The second kappa shape index (κ2) is 3.54. The molecule has 0 saturated carbocycles. The highest BCUT2D eigenvalue weighted by Gasteiger charge is 2.35. The molecule has 2 saturated heterocycles. The van der Waals surface area contributed by atoms with Gasteiger partial charge in [-0.15, -0.1) is 0 Å². The van der Waals surface area contributed by atoms with Gasteiger partial charge in [-0.25, -0.2) is 0 Å². The van der Waals surface area contributed by atoms with Crippen LogP contribution in [0.25, 0.3) is 0 Å². The zero-order valence-corrected chi connectivity index (χ0v) is 9.18. The molecule has 14 heavy (non-hydrogen) atoms. The van der Waals surface area contributed by atoms with Crippen LogP contribution in [0.4, 0.5) is 0 Å². The Hall–Kier alpha value is -0.570. The Morgan fingerprint density at radius 3 is 2.79 bits per heavy atom. The van der Waals surface area contributed by atoms with Gasteiger partial charge in [-0.3, -0.25) is 4.79 Å². The maximum absolute atomic E-state index is 12.0. The van der Waals surface area contributed by atoms with Crippen LogP contribution in [0, 0.1) is 5.41 Å². The van der Waals surface area contributed by atoms with Crippen molar-refractivity contribution in [1.82, 2.24) is 10.2 Å². The molecule has 0 bridgehead atoms. The van der Waals surface area contributed by atoms with Crippen LogP contribution in [0.15, 0.2) is 0 Å². The summed E-state index contributed by atoms with van der Waals surface area (Å²) in [5.41, 5.74) is 0.328. The van der Waals surface area contributed by atoms with Gasteiger partial charge in [-0.1, -0.05) is 13.8 Å². The third-order valence-corrected chi connectivity index (χ3v) is 3.35. The van der Waals surface area contributed by atoms with Crippen LogP contribution in [0.2, 0.25) is 0 Å². The molecule has 1 amide bonds. The maximum atomic E-state index is 12.0. The van der Waals surface area contributed by atoms with E-state index in [2.05, 4.69) is 19.2 Å². The van der Waals surface area contributed by atoms with Gasteiger partial charge in [0.15, 0.2) is 0 Å². The fraction of sp³-hybridized carbons (Fsp3) is 0.909. The van der Waals surface area contributed by atoms with Crippen molar-refractivity contribution >= 4 is 5.91 Å². The molecule has 2 heterocycles. The first kappa shape index (κ1) is 9.97. The first-order valence-corrected chi connectivity index (χ1v) is 5.61. The predicted octanol–water partition coefficient (Wildman–Crippen LogP) is 0.997. The van der Waals surface area contributed by atoms with Crippen LogP contribution in [0.5, 0.6) is 0 Å². The van der Waals surface area contributed by atoms with E-state index in [-0.39, 0.29) is 6.04 Å². The van der Waals surface area contributed by atoms with Crippen LogP contribution < -0.4 is 5.32 Å². The summed E-state index contributed by atoms with van der Waals surface area (Å²) >= 11 is 0. The van der Waals surface area contributed by atoms with Gasteiger partial charge in [0.25, 0.3) is 0 Å². The van der Waals surface area contributed by atoms with Crippen molar-refractivity contribution in [2.75, 3.05) is 19.6 Å². The summed E-state index contributed by atoms with van der Waals surface area (Å²) in [6.07, 6.45) is 3.31.